The molecule has 7 heteroatoms. The summed E-state index contributed by atoms with van der Waals surface area (Å²) in [6.07, 6.45) is 2.22. The van der Waals surface area contributed by atoms with Gasteiger partial charge in [0, 0.05) is 24.7 Å². The lowest BCUT2D eigenvalue weighted by Gasteiger charge is -2.14. The van der Waals surface area contributed by atoms with E-state index in [1.54, 1.807) is 6.92 Å². The average molecular weight is 262 g/mol. The van der Waals surface area contributed by atoms with Crippen molar-refractivity contribution < 1.29 is 0 Å². The third-order valence-corrected chi connectivity index (χ3v) is 2.97. The van der Waals surface area contributed by atoms with Crippen molar-refractivity contribution in [2.45, 2.75) is 33.2 Å². The molecular weight excluding hydrogens is 244 g/mol. The maximum atomic E-state index is 11.9. The summed E-state index contributed by atoms with van der Waals surface area (Å²) >= 11 is 0. The second-order valence-corrected chi connectivity index (χ2v) is 4.51. The van der Waals surface area contributed by atoms with E-state index in [4.69, 9.17) is 0 Å². The molecule has 0 amide bonds. The average Bonchev–Trinajstić information content (AvgIpc) is 2.80. The first-order chi connectivity index (χ1) is 9.08. The molecule has 0 aliphatic heterocycles. The molecule has 2 aromatic rings. The fourth-order valence-corrected chi connectivity index (χ4v) is 2.11. The van der Waals surface area contributed by atoms with Crippen molar-refractivity contribution in [3.8, 4) is 0 Å². The van der Waals surface area contributed by atoms with Crippen LogP contribution < -0.4 is 10.9 Å². The standard InChI is InChI=1S/C12H18N6O/c1-7(13-5-4-10-14-6-15-18-10)11-8(2)16-9(3)17-12(11)19/h6-7,13H,4-5H2,1-3H3,(H,14,15,18)(H,16,17,19). The third-order valence-electron chi connectivity index (χ3n) is 2.97. The van der Waals surface area contributed by atoms with Gasteiger partial charge in [-0.3, -0.25) is 9.89 Å². The van der Waals surface area contributed by atoms with Gasteiger partial charge in [-0.2, -0.15) is 5.10 Å². The van der Waals surface area contributed by atoms with Gasteiger partial charge in [-0.15, -0.1) is 0 Å². The van der Waals surface area contributed by atoms with Gasteiger partial charge in [0.1, 0.15) is 18.0 Å². The Balaban J connectivity index is 2.00. The number of hydrogen-bond donors (Lipinski definition) is 3. The summed E-state index contributed by atoms with van der Waals surface area (Å²) in [6, 6.07) is -0.0558. The fourth-order valence-electron chi connectivity index (χ4n) is 2.11. The van der Waals surface area contributed by atoms with E-state index in [0.717, 1.165) is 17.9 Å². The van der Waals surface area contributed by atoms with Crippen LogP contribution in [0.15, 0.2) is 11.1 Å². The van der Waals surface area contributed by atoms with E-state index in [2.05, 4.69) is 30.5 Å². The van der Waals surface area contributed by atoms with E-state index in [-0.39, 0.29) is 11.6 Å². The second kappa shape index (κ2) is 5.75. The van der Waals surface area contributed by atoms with Crippen LogP contribution in [-0.4, -0.2) is 31.7 Å². The number of hydrogen-bond acceptors (Lipinski definition) is 5. The fraction of sp³-hybridized carbons (Fsp3) is 0.500. The second-order valence-electron chi connectivity index (χ2n) is 4.51. The highest BCUT2D eigenvalue weighted by atomic mass is 16.1. The molecule has 1 unspecified atom stereocenters. The van der Waals surface area contributed by atoms with Crippen LogP contribution in [0.1, 0.15) is 35.9 Å². The molecule has 0 saturated carbocycles. The predicted molar refractivity (Wildman–Crippen MR) is 70.8 cm³/mol. The van der Waals surface area contributed by atoms with Crippen LogP contribution in [-0.2, 0) is 6.42 Å². The summed E-state index contributed by atoms with van der Waals surface area (Å²) in [7, 11) is 0. The van der Waals surface area contributed by atoms with Crippen LogP contribution in [0, 0.1) is 13.8 Å². The molecule has 0 spiro atoms. The molecule has 0 bridgehead atoms. The summed E-state index contributed by atoms with van der Waals surface area (Å²) in [5.41, 5.74) is 1.37. The van der Waals surface area contributed by atoms with Gasteiger partial charge >= 0.3 is 0 Å². The van der Waals surface area contributed by atoms with Gasteiger partial charge < -0.3 is 10.3 Å². The zero-order valence-corrected chi connectivity index (χ0v) is 11.3. The van der Waals surface area contributed by atoms with E-state index in [1.807, 2.05) is 13.8 Å². The molecule has 0 aliphatic rings. The van der Waals surface area contributed by atoms with Crippen LogP contribution in [0.3, 0.4) is 0 Å². The molecule has 1 atom stereocenters. The van der Waals surface area contributed by atoms with Crippen molar-refractivity contribution in [3.63, 3.8) is 0 Å². The van der Waals surface area contributed by atoms with Crippen LogP contribution >= 0.6 is 0 Å². The van der Waals surface area contributed by atoms with Gasteiger partial charge in [-0.25, -0.2) is 9.97 Å². The minimum absolute atomic E-state index is 0.0558. The smallest absolute Gasteiger partial charge is 0.255 e. The predicted octanol–water partition coefficient (Wildman–Crippen LogP) is 0.398. The van der Waals surface area contributed by atoms with E-state index in [1.165, 1.54) is 6.33 Å². The number of H-pyrrole nitrogens is 2. The van der Waals surface area contributed by atoms with Gasteiger partial charge in [0.15, 0.2) is 0 Å². The molecule has 3 N–H and O–H groups in total. The highest BCUT2D eigenvalue weighted by molar-refractivity contribution is 5.19. The number of rotatable bonds is 5. The Hall–Kier alpha value is -2.02. The van der Waals surface area contributed by atoms with Crippen molar-refractivity contribution in [3.05, 3.63) is 39.6 Å². The lowest BCUT2D eigenvalue weighted by molar-refractivity contribution is 0.559. The highest BCUT2D eigenvalue weighted by Gasteiger charge is 2.13. The van der Waals surface area contributed by atoms with Gasteiger partial charge in [-0.1, -0.05) is 0 Å². The topological polar surface area (TPSA) is 99.3 Å². The van der Waals surface area contributed by atoms with Crippen LogP contribution in [0.2, 0.25) is 0 Å². The summed E-state index contributed by atoms with van der Waals surface area (Å²) in [4.78, 5) is 23.0. The monoisotopic (exact) mass is 262 g/mol. The Morgan fingerprint density at radius 1 is 1.42 bits per heavy atom. The molecule has 0 aliphatic carbocycles. The van der Waals surface area contributed by atoms with Crippen LogP contribution in [0.5, 0.6) is 0 Å². The number of aryl methyl sites for hydroxylation is 2. The summed E-state index contributed by atoms with van der Waals surface area (Å²) in [5, 5.41) is 9.88. The third kappa shape index (κ3) is 3.25. The van der Waals surface area contributed by atoms with Crippen LogP contribution in [0.25, 0.3) is 0 Å². The van der Waals surface area contributed by atoms with Crippen molar-refractivity contribution in [2.24, 2.45) is 0 Å². The number of aromatic amines is 2. The number of nitrogens with zero attached hydrogens (tertiary/aromatic N) is 3. The molecule has 0 aromatic carbocycles. The molecule has 2 rings (SSSR count). The molecule has 2 aromatic heterocycles. The van der Waals surface area contributed by atoms with Crippen molar-refractivity contribution in [1.82, 2.24) is 30.5 Å². The molecule has 2 heterocycles. The van der Waals surface area contributed by atoms with Gasteiger partial charge in [0.05, 0.1) is 5.56 Å². The Morgan fingerprint density at radius 3 is 2.84 bits per heavy atom. The van der Waals surface area contributed by atoms with Gasteiger partial charge in [-0.05, 0) is 20.8 Å². The van der Waals surface area contributed by atoms with Gasteiger partial charge in [0.2, 0.25) is 0 Å². The molecule has 102 valence electrons. The zero-order valence-electron chi connectivity index (χ0n) is 11.3. The maximum absolute atomic E-state index is 11.9. The molecule has 0 radical (unpaired) electrons. The Morgan fingerprint density at radius 2 is 2.21 bits per heavy atom. The van der Waals surface area contributed by atoms with Crippen molar-refractivity contribution in [1.29, 1.82) is 0 Å². The SMILES string of the molecule is Cc1nc(C)c(C(C)NCCc2ncn[nH]2)c(=O)[nH]1. The van der Waals surface area contributed by atoms with E-state index in [9.17, 15) is 4.79 Å². The van der Waals surface area contributed by atoms with Crippen molar-refractivity contribution in [2.75, 3.05) is 6.54 Å². The minimum Gasteiger partial charge on any atom is -0.310 e. The van der Waals surface area contributed by atoms with Crippen LogP contribution in [0.4, 0.5) is 0 Å². The Bertz CT molecular complexity index is 589. The minimum atomic E-state index is -0.0790. The quantitative estimate of drug-likeness (QED) is 0.724. The molecule has 0 fully saturated rings. The molecule has 7 nitrogen and oxygen atoms in total. The molecule has 19 heavy (non-hydrogen) atoms. The first-order valence-corrected chi connectivity index (χ1v) is 6.23. The first kappa shape index (κ1) is 13.4. The maximum Gasteiger partial charge on any atom is 0.255 e. The number of nitrogens with one attached hydrogen (secondary N) is 3. The van der Waals surface area contributed by atoms with E-state index in [0.29, 0.717) is 17.9 Å². The lowest BCUT2D eigenvalue weighted by atomic mass is 10.1. The number of aromatic nitrogens is 5. The van der Waals surface area contributed by atoms with Gasteiger partial charge in [0.25, 0.3) is 5.56 Å². The van der Waals surface area contributed by atoms with Crippen molar-refractivity contribution >= 4 is 0 Å². The first-order valence-electron chi connectivity index (χ1n) is 6.23. The summed E-state index contributed by atoms with van der Waals surface area (Å²) in [5.74, 6) is 1.47. The molecule has 0 saturated heterocycles. The highest BCUT2D eigenvalue weighted by Crippen LogP contribution is 2.10. The Kier molecular flexibility index (Phi) is 4.06. The largest absolute Gasteiger partial charge is 0.310 e. The Labute approximate surface area is 110 Å². The summed E-state index contributed by atoms with van der Waals surface area (Å²) < 4.78 is 0. The van der Waals surface area contributed by atoms with E-state index >= 15 is 0 Å². The zero-order chi connectivity index (χ0) is 13.8. The normalized spacial score (nSPS) is 12.6. The lowest BCUT2D eigenvalue weighted by Crippen LogP contribution is -2.29. The molecular formula is C12H18N6O. The van der Waals surface area contributed by atoms with E-state index < -0.39 is 0 Å². The summed E-state index contributed by atoms with van der Waals surface area (Å²) in [6.45, 7) is 6.30.